The number of carboxylic acids is 1. The van der Waals surface area contributed by atoms with Gasteiger partial charge in [-0.1, -0.05) is 39.3 Å². The highest BCUT2D eigenvalue weighted by atomic mass is 32.1. The molecule has 158 valence electrons. The number of primary amides is 1. The maximum atomic E-state index is 12.9. The van der Waals surface area contributed by atoms with Crippen molar-refractivity contribution in [1.29, 1.82) is 0 Å². The molecule has 2 amide bonds. The summed E-state index contributed by atoms with van der Waals surface area (Å²) in [6, 6.07) is 0. The summed E-state index contributed by atoms with van der Waals surface area (Å²) < 4.78 is 0. The molecule has 2 aliphatic carbocycles. The first-order chi connectivity index (χ1) is 13.7. The van der Waals surface area contributed by atoms with E-state index in [0.29, 0.717) is 22.9 Å². The fourth-order valence-corrected chi connectivity index (χ4v) is 5.80. The van der Waals surface area contributed by atoms with Crippen molar-refractivity contribution < 1.29 is 19.5 Å². The quantitative estimate of drug-likeness (QED) is 0.693. The number of anilines is 1. The van der Waals surface area contributed by atoms with Crippen molar-refractivity contribution in [2.75, 3.05) is 5.32 Å². The molecule has 0 bridgehead atoms. The molecule has 29 heavy (non-hydrogen) atoms. The maximum absolute atomic E-state index is 12.9. The first kappa shape index (κ1) is 21.6. The Hall–Kier alpha value is -2.15. The molecule has 7 heteroatoms. The van der Waals surface area contributed by atoms with Gasteiger partial charge in [0.25, 0.3) is 5.91 Å². The van der Waals surface area contributed by atoms with Gasteiger partial charge in [0.2, 0.25) is 5.91 Å². The molecule has 1 heterocycles. The minimum absolute atomic E-state index is 0.202. The van der Waals surface area contributed by atoms with Crippen LogP contribution in [0.5, 0.6) is 0 Å². The van der Waals surface area contributed by atoms with E-state index in [-0.39, 0.29) is 11.8 Å². The molecule has 0 unspecified atom stereocenters. The summed E-state index contributed by atoms with van der Waals surface area (Å²) in [5, 5.41) is 14.7. The largest absolute Gasteiger partial charge is 0.550 e. The van der Waals surface area contributed by atoms with Gasteiger partial charge in [0, 0.05) is 16.8 Å². The number of amides is 2. The van der Waals surface area contributed by atoms with Gasteiger partial charge >= 0.3 is 0 Å². The molecule has 0 fully saturated rings. The van der Waals surface area contributed by atoms with Gasteiger partial charge in [-0.05, 0) is 49.0 Å². The zero-order valence-corrected chi connectivity index (χ0v) is 18.1. The van der Waals surface area contributed by atoms with E-state index in [1.165, 1.54) is 11.3 Å². The lowest BCUT2D eigenvalue weighted by molar-refractivity contribution is -0.313. The van der Waals surface area contributed by atoms with E-state index in [9.17, 15) is 19.5 Å². The van der Waals surface area contributed by atoms with Crippen LogP contribution in [-0.2, 0) is 22.4 Å². The van der Waals surface area contributed by atoms with E-state index in [2.05, 4.69) is 26.1 Å². The third-order valence-electron chi connectivity index (χ3n) is 6.84. The highest BCUT2D eigenvalue weighted by Crippen LogP contribution is 2.45. The number of fused-ring (bicyclic) bond motifs is 1. The number of nitrogens with two attached hydrogens (primary N) is 1. The number of carbonyl (C=O) groups is 3. The van der Waals surface area contributed by atoms with Gasteiger partial charge in [0.05, 0.1) is 11.5 Å². The zero-order valence-electron chi connectivity index (χ0n) is 17.2. The Balaban J connectivity index is 1.87. The minimum Gasteiger partial charge on any atom is -0.550 e. The summed E-state index contributed by atoms with van der Waals surface area (Å²) in [7, 11) is 0. The highest BCUT2D eigenvalue weighted by molar-refractivity contribution is 7.17. The molecule has 0 saturated carbocycles. The molecule has 3 N–H and O–H groups in total. The van der Waals surface area contributed by atoms with E-state index < -0.39 is 29.6 Å². The summed E-state index contributed by atoms with van der Waals surface area (Å²) >= 11 is 1.41. The normalized spacial score (nSPS) is 24.0. The van der Waals surface area contributed by atoms with Gasteiger partial charge in [-0.2, -0.15) is 0 Å². The molecule has 6 nitrogen and oxygen atoms in total. The van der Waals surface area contributed by atoms with Crippen molar-refractivity contribution >= 4 is 34.1 Å². The van der Waals surface area contributed by atoms with E-state index in [4.69, 9.17) is 5.73 Å². The van der Waals surface area contributed by atoms with Gasteiger partial charge in [-0.25, -0.2) is 0 Å². The summed E-state index contributed by atoms with van der Waals surface area (Å²) in [5.74, 6) is -3.23. The molecule has 3 atom stereocenters. The Morgan fingerprint density at radius 3 is 2.48 bits per heavy atom. The van der Waals surface area contributed by atoms with Gasteiger partial charge in [0.15, 0.2) is 0 Å². The SMILES string of the molecule is CCC(C)(C)[C@H]1CCc2c(sc(NC(=O)[C@@H]3CC=CC[C@@H]3C(=O)[O-])c2C(N)=O)C1. The van der Waals surface area contributed by atoms with E-state index >= 15 is 0 Å². The van der Waals surface area contributed by atoms with Crippen LogP contribution in [-0.4, -0.2) is 17.8 Å². The average Bonchev–Trinajstić information content (AvgIpc) is 3.04. The minimum atomic E-state index is -1.22. The molecule has 1 aromatic rings. The number of thiophene rings is 1. The molecule has 0 aliphatic heterocycles. The van der Waals surface area contributed by atoms with Gasteiger partial charge < -0.3 is 21.0 Å². The lowest BCUT2D eigenvalue weighted by Crippen LogP contribution is -2.41. The number of aliphatic carboxylic acids is 1. The summed E-state index contributed by atoms with van der Waals surface area (Å²) in [5.41, 5.74) is 7.20. The second-order valence-corrected chi connectivity index (χ2v) is 9.92. The number of hydrogen-bond acceptors (Lipinski definition) is 5. The Labute approximate surface area is 175 Å². The Kier molecular flexibility index (Phi) is 6.17. The molecule has 0 aromatic carbocycles. The monoisotopic (exact) mass is 417 g/mol. The van der Waals surface area contributed by atoms with Crippen molar-refractivity contribution in [2.45, 2.75) is 59.3 Å². The van der Waals surface area contributed by atoms with Crippen LogP contribution in [0.2, 0.25) is 0 Å². The third kappa shape index (κ3) is 4.25. The fourth-order valence-electron chi connectivity index (χ4n) is 4.46. The fraction of sp³-hybridized carbons (Fsp3) is 0.591. The third-order valence-corrected chi connectivity index (χ3v) is 8.01. The standard InChI is InChI=1S/C22H30N2O4S/c1-4-22(2,3)12-9-10-15-16(11-12)29-20(17(15)18(23)25)24-19(26)13-7-5-6-8-14(13)21(27)28/h5-6,12-14H,4,7-11H2,1-3H3,(H2,23,25)(H,24,26)(H,27,28)/p-1/t12-,13+,14-/m0/s1. The molecule has 0 saturated heterocycles. The molecular weight excluding hydrogens is 388 g/mol. The van der Waals surface area contributed by atoms with E-state index in [1.54, 1.807) is 6.08 Å². The van der Waals surface area contributed by atoms with Crippen LogP contribution in [0.25, 0.3) is 0 Å². The van der Waals surface area contributed by atoms with Gasteiger partial charge in [-0.3, -0.25) is 9.59 Å². The topological polar surface area (TPSA) is 112 Å². The van der Waals surface area contributed by atoms with Crippen molar-refractivity contribution in [1.82, 2.24) is 0 Å². The number of hydrogen-bond donors (Lipinski definition) is 2. The number of allylic oxidation sites excluding steroid dienone is 2. The maximum Gasteiger partial charge on any atom is 0.251 e. The smallest absolute Gasteiger partial charge is 0.251 e. The molecule has 0 radical (unpaired) electrons. The molecule has 0 spiro atoms. The average molecular weight is 418 g/mol. The van der Waals surface area contributed by atoms with Crippen molar-refractivity contribution in [3.8, 4) is 0 Å². The number of rotatable bonds is 6. The first-order valence-corrected chi connectivity index (χ1v) is 11.1. The molecule has 1 aromatic heterocycles. The lowest BCUT2D eigenvalue weighted by atomic mass is 9.69. The number of nitrogens with one attached hydrogen (secondary N) is 1. The summed E-state index contributed by atoms with van der Waals surface area (Å²) in [6.07, 6.45) is 7.88. The Morgan fingerprint density at radius 2 is 1.90 bits per heavy atom. The van der Waals surface area contributed by atoms with Gasteiger partial charge in [0.1, 0.15) is 5.00 Å². The Morgan fingerprint density at radius 1 is 1.24 bits per heavy atom. The van der Waals surface area contributed by atoms with Crippen LogP contribution in [0.4, 0.5) is 5.00 Å². The van der Waals surface area contributed by atoms with Crippen LogP contribution in [0, 0.1) is 23.2 Å². The van der Waals surface area contributed by atoms with E-state index in [0.717, 1.165) is 36.1 Å². The summed E-state index contributed by atoms with van der Waals surface area (Å²) in [4.78, 5) is 37.6. The lowest BCUT2D eigenvalue weighted by Gasteiger charge is -2.36. The highest BCUT2D eigenvalue weighted by Gasteiger charge is 2.36. The number of carboxylic acid groups (broad SMARTS) is 1. The molecular formula is C22H29N2O4S-. The van der Waals surface area contributed by atoms with E-state index in [1.807, 2.05) is 6.08 Å². The van der Waals surface area contributed by atoms with Crippen LogP contribution in [0.1, 0.15) is 67.3 Å². The van der Waals surface area contributed by atoms with Crippen LogP contribution >= 0.6 is 11.3 Å². The van der Waals surface area contributed by atoms with Crippen molar-refractivity contribution in [3.63, 3.8) is 0 Å². The number of carbonyl (C=O) groups excluding carboxylic acids is 3. The predicted molar refractivity (Wildman–Crippen MR) is 111 cm³/mol. The van der Waals surface area contributed by atoms with Crippen LogP contribution in [0.15, 0.2) is 12.2 Å². The predicted octanol–water partition coefficient (Wildman–Crippen LogP) is 2.66. The second kappa shape index (κ2) is 8.30. The zero-order chi connectivity index (χ0) is 21.3. The van der Waals surface area contributed by atoms with Crippen LogP contribution < -0.4 is 16.2 Å². The van der Waals surface area contributed by atoms with Crippen molar-refractivity contribution in [2.24, 2.45) is 28.9 Å². The summed E-state index contributed by atoms with van der Waals surface area (Å²) in [6.45, 7) is 6.73. The molecule has 3 rings (SSSR count). The Bertz CT molecular complexity index is 855. The van der Waals surface area contributed by atoms with Gasteiger partial charge in [-0.15, -0.1) is 11.3 Å². The first-order valence-electron chi connectivity index (χ1n) is 10.3. The van der Waals surface area contributed by atoms with Crippen LogP contribution in [0.3, 0.4) is 0 Å². The molecule has 2 aliphatic rings. The van der Waals surface area contributed by atoms with Crippen molar-refractivity contribution in [3.05, 3.63) is 28.2 Å². The second-order valence-electron chi connectivity index (χ2n) is 8.82.